The summed E-state index contributed by atoms with van der Waals surface area (Å²) < 4.78 is 21.1. The molecular weight excluding hydrogens is 658 g/mol. The first-order valence-corrected chi connectivity index (χ1v) is 15.2. The summed E-state index contributed by atoms with van der Waals surface area (Å²) in [5.41, 5.74) is 3.09. The molecule has 252 valence electrons. The summed E-state index contributed by atoms with van der Waals surface area (Å²) in [5, 5.41) is 29.5. The molecule has 0 aliphatic carbocycles. The number of nitrogens with zero attached hydrogens (tertiary/aromatic N) is 3. The minimum absolute atomic E-state index is 0.0832. The molecule has 1 aliphatic rings. The minimum atomic E-state index is -1.41. The zero-order valence-corrected chi connectivity index (χ0v) is 28.8. The van der Waals surface area contributed by atoms with Gasteiger partial charge >= 0.3 is 5.69 Å². The Kier molecular flexibility index (Phi) is 19.6. The fourth-order valence-corrected chi connectivity index (χ4v) is 4.43. The van der Waals surface area contributed by atoms with Gasteiger partial charge < -0.3 is 34.7 Å². The van der Waals surface area contributed by atoms with Crippen molar-refractivity contribution in [3.63, 3.8) is 0 Å². The van der Waals surface area contributed by atoms with E-state index in [1.165, 1.54) is 64.1 Å². The Morgan fingerprint density at radius 1 is 0.848 bits per heavy atom. The van der Waals surface area contributed by atoms with Crippen LogP contribution < -0.4 is 11.2 Å². The van der Waals surface area contributed by atoms with E-state index in [9.17, 15) is 24.2 Å². The third-order valence-corrected chi connectivity index (χ3v) is 6.84. The van der Waals surface area contributed by atoms with Crippen molar-refractivity contribution in [2.45, 2.75) is 51.4 Å². The molecule has 2 aromatic carbocycles. The van der Waals surface area contributed by atoms with E-state index in [4.69, 9.17) is 24.5 Å². The maximum absolute atomic E-state index is 13.6. The van der Waals surface area contributed by atoms with Crippen molar-refractivity contribution in [2.24, 2.45) is 0 Å². The summed E-state index contributed by atoms with van der Waals surface area (Å²) in [6.45, 7) is 3.82. The summed E-state index contributed by atoms with van der Waals surface area (Å²) in [7, 11) is 4.25. The van der Waals surface area contributed by atoms with Gasteiger partial charge in [0.05, 0.1) is 18.3 Å². The second kappa shape index (κ2) is 21.9. The average molecular weight is 700 g/mol. The SMILES string of the molecule is Cc1ccccc1C.O=c1ccn(C2OC(CCO)C(O)C2O)c(=O)n1Cc1cc(-c2cccc(F)c2)ccn1.OP.OP.OP. The number of aromatic nitrogens is 3. The maximum Gasteiger partial charge on any atom is 0.333 e. The van der Waals surface area contributed by atoms with Crippen LogP contribution in [0.15, 0.2) is 88.7 Å². The highest BCUT2D eigenvalue weighted by Gasteiger charge is 2.43. The molecule has 2 aromatic heterocycles. The van der Waals surface area contributed by atoms with Gasteiger partial charge in [0.1, 0.15) is 18.0 Å². The van der Waals surface area contributed by atoms with Gasteiger partial charge in [0.2, 0.25) is 0 Å². The Balaban J connectivity index is 0.000000639. The van der Waals surface area contributed by atoms with Crippen LogP contribution in [0.3, 0.4) is 0 Å². The Bertz CT molecular complexity index is 1570. The number of aryl methyl sites for hydroxylation is 2. The van der Waals surface area contributed by atoms with E-state index in [2.05, 4.69) is 43.1 Å². The van der Waals surface area contributed by atoms with Crippen molar-refractivity contribution in [2.75, 3.05) is 6.61 Å². The normalized spacial score (nSPS) is 17.9. The zero-order chi connectivity index (χ0) is 34.8. The van der Waals surface area contributed by atoms with Crippen LogP contribution in [-0.2, 0) is 11.3 Å². The van der Waals surface area contributed by atoms with Crippen LogP contribution >= 0.6 is 28.4 Å². The second-order valence-electron chi connectivity index (χ2n) is 9.62. The molecule has 12 nitrogen and oxygen atoms in total. The zero-order valence-electron chi connectivity index (χ0n) is 25.3. The summed E-state index contributed by atoms with van der Waals surface area (Å²) in [5.74, 6) is -0.389. The number of aliphatic hydroxyl groups excluding tert-OH is 3. The van der Waals surface area contributed by atoms with Crippen LogP contribution in [-0.4, -0.2) is 69.0 Å². The first-order chi connectivity index (χ1) is 22.2. The van der Waals surface area contributed by atoms with Crippen LogP contribution in [0.25, 0.3) is 11.1 Å². The number of ether oxygens (including phenoxy) is 1. The largest absolute Gasteiger partial charge is 0.396 e. The standard InChI is InChI=1S/C22H22FN3O6.C8H10.3H3OP/c23-15-3-1-2-13(10-15)14-4-7-24-16(11-14)12-26-18(28)5-8-25(22(26)31)21-20(30)19(29)17(32-21)6-9-27;1-7-5-3-4-6-8(7)2;3*1-2/h1-5,7-8,10-11,17,19-21,27,29-30H,6,9,12H2;3-6H,1-2H3;3*1H,2H2. The van der Waals surface area contributed by atoms with E-state index >= 15 is 0 Å². The molecule has 3 heterocycles. The van der Waals surface area contributed by atoms with Gasteiger partial charge in [-0.2, -0.15) is 0 Å². The highest BCUT2D eigenvalue weighted by Crippen LogP contribution is 2.29. The van der Waals surface area contributed by atoms with Gasteiger partial charge in [0, 0.05) is 25.1 Å². The maximum atomic E-state index is 13.6. The fraction of sp³-hybridized carbons (Fsp3) is 0.300. The lowest BCUT2D eigenvalue weighted by molar-refractivity contribution is -0.0458. The molecule has 1 saturated heterocycles. The first-order valence-electron chi connectivity index (χ1n) is 13.6. The van der Waals surface area contributed by atoms with Crippen LogP contribution in [0.4, 0.5) is 4.39 Å². The molecule has 7 unspecified atom stereocenters. The Morgan fingerprint density at radius 3 is 2.02 bits per heavy atom. The lowest BCUT2D eigenvalue weighted by Gasteiger charge is -2.18. The molecule has 0 saturated carbocycles. The van der Waals surface area contributed by atoms with Crippen molar-refractivity contribution in [3.8, 4) is 11.1 Å². The van der Waals surface area contributed by atoms with E-state index in [1.54, 1.807) is 24.3 Å². The highest BCUT2D eigenvalue weighted by atomic mass is 31.0. The molecule has 1 fully saturated rings. The van der Waals surface area contributed by atoms with Crippen LogP contribution in [0.1, 0.15) is 29.5 Å². The summed E-state index contributed by atoms with van der Waals surface area (Å²) >= 11 is 0. The van der Waals surface area contributed by atoms with E-state index in [0.29, 0.717) is 16.8 Å². The Morgan fingerprint density at radius 2 is 1.46 bits per heavy atom. The molecule has 0 amide bonds. The van der Waals surface area contributed by atoms with E-state index < -0.39 is 35.8 Å². The molecule has 0 radical (unpaired) electrons. The van der Waals surface area contributed by atoms with Crippen molar-refractivity contribution >= 4 is 28.4 Å². The van der Waals surface area contributed by atoms with Gasteiger partial charge in [-0.1, -0.05) is 36.4 Å². The highest BCUT2D eigenvalue weighted by molar-refractivity contribution is 7.08. The third-order valence-electron chi connectivity index (χ3n) is 6.84. The number of hydrogen-bond acceptors (Lipinski definition) is 10. The van der Waals surface area contributed by atoms with Gasteiger partial charge in [0.15, 0.2) is 6.23 Å². The molecular formula is C30H41FN3O9P3. The lowest BCUT2D eigenvalue weighted by atomic mass is 10.1. The van der Waals surface area contributed by atoms with E-state index in [0.717, 1.165) is 15.2 Å². The molecule has 5 rings (SSSR count). The van der Waals surface area contributed by atoms with Crippen molar-refractivity contribution < 1.29 is 39.1 Å². The Labute approximate surface area is 273 Å². The summed E-state index contributed by atoms with van der Waals surface area (Å²) in [4.78, 5) is 50.4. The molecule has 0 spiro atoms. The average Bonchev–Trinajstić information content (AvgIpc) is 3.36. The smallest absolute Gasteiger partial charge is 0.333 e. The number of halogens is 1. The summed E-state index contributed by atoms with van der Waals surface area (Å²) in [6, 6.07) is 18.9. The monoisotopic (exact) mass is 699 g/mol. The number of benzene rings is 2. The number of pyridine rings is 1. The van der Waals surface area contributed by atoms with Crippen LogP contribution in [0.2, 0.25) is 0 Å². The predicted octanol–water partition coefficient (Wildman–Crippen LogP) is 1.87. The van der Waals surface area contributed by atoms with Crippen molar-refractivity contribution in [3.05, 3.63) is 123 Å². The van der Waals surface area contributed by atoms with Crippen molar-refractivity contribution in [1.82, 2.24) is 14.1 Å². The lowest BCUT2D eigenvalue weighted by Crippen LogP contribution is -2.43. The third kappa shape index (κ3) is 11.5. The van der Waals surface area contributed by atoms with Crippen LogP contribution in [0.5, 0.6) is 0 Å². The number of rotatable bonds is 6. The predicted molar refractivity (Wildman–Crippen MR) is 183 cm³/mol. The molecule has 0 bridgehead atoms. The van der Waals surface area contributed by atoms with Gasteiger partial charge in [-0.25, -0.2) is 9.18 Å². The molecule has 46 heavy (non-hydrogen) atoms. The van der Waals surface area contributed by atoms with Crippen LogP contribution in [0, 0.1) is 19.7 Å². The number of aliphatic hydroxyl groups is 3. The minimum Gasteiger partial charge on any atom is -0.396 e. The fourth-order valence-electron chi connectivity index (χ4n) is 4.43. The second-order valence-corrected chi connectivity index (χ2v) is 9.62. The first kappa shape index (κ1) is 41.2. The van der Waals surface area contributed by atoms with E-state index in [-0.39, 0.29) is 25.4 Å². The van der Waals surface area contributed by atoms with Gasteiger partial charge in [-0.15, -0.1) is 0 Å². The van der Waals surface area contributed by atoms with Crippen molar-refractivity contribution in [1.29, 1.82) is 0 Å². The Hall–Kier alpha value is -2.79. The quantitative estimate of drug-likeness (QED) is 0.162. The molecule has 6 N–H and O–H groups in total. The number of hydrogen-bond donors (Lipinski definition) is 6. The molecule has 4 aromatic rings. The van der Waals surface area contributed by atoms with E-state index in [1.807, 2.05) is 0 Å². The van der Waals surface area contributed by atoms with Gasteiger partial charge in [0.25, 0.3) is 5.56 Å². The molecule has 1 aliphatic heterocycles. The van der Waals surface area contributed by atoms with Gasteiger partial charge in [-0.3, -0.25) is 18.9 Å². The van der Waals surface area contributed by atoms with Gasteiger partial charge in [-0.05, 0) is 95.2 Å². The molecule has 7 atom stereocenters. The topological polar surface area (TPSA) is 188 Å². The summed E-state index contributed by atoms with van der Waals surface area (Å²) in [6.07, 6.45) is -1.99. The molecule has 16 heteroatoms.